The van der Waals surface area contributed by atoms with Crippen LogP contribution in [0.25, 0.3) is 0 Å². The molecule has 16 heavy (non-hydrogen) atoms. The summed E-state index contributed by atoms with van der Waals surface area (Å²) in [5.41, 5.74) is -0.353. The average molecular weight is 280 g/mol. The maximum Gasteiger partial charge on any atom is 0.294 e. The van der Waals surface area contributed by atoms with Crippen LogP contribution in [0.15, 0.2) is 29.2 Å². The van der Waals surface area contributed by atoms with Crippen LogP contribution in [0.2, 0.25) is 0 Å². The molecule has 1 rings (SSSR count). The Morgan fingerprint density at radius 3 is 2.69 bits per heavy atom. The first-order chi connectivity index (χ1) is 7.43. The highest BCUT2D eigenvalue weighted by Crippen LogP contribution is 2.20. The van der Waals surface area contributed by atoms with Crippen molar-refractivity contribution in [2.24, 2.45) is 0 Å². The second kappa shape index (κ2) is 5.81. The molecule has 90 valence electrons. The summed E-state index contributed by atoms with van der Waals surface area (Å²) >= 11 is 8.17. The van der Waals surface area contributed by atoms with Gasteiger partial charge in [0.2, 0.25) is 0 Å². The van der Waals surface area contributed by atoms with Crippen LogP contribution in [0.5, 0.6) is 5.75 Å². The van der Waals surface area contributed by atoms with E-state index in [0.29, 0.717) is 17.9 Å². The molecule has 1 aromatic rings. The van der Waals surface area contributed by atoms with E-state index in [2.05, 4.69) is 25.3 Å². The quantitative estimate of drug-likeness (QED) is 0.438. The molecule has 0 saturated heterocycles. The van der Waals surface area contributed by atoms with Crippen LogP contribution in [0.4, 0.5) is 0 Å². The van der Waals surface area contributed by atoms with Gasteiger partial charge in [-0.05, 0) is 17.9 Å². The third-order valence-corrected chi connectivity index (χ3v) is 3.22. The summed E-state index contributed by atoms with van der Waals surface area (Å²) in [6.45, 7) is 0. The molecular weight excluding hydrogens is 268 g/mol. The molecule has 0 radical (unpaired) electrons. The second-order valence-corrected chi connectivity index (χ2v) is 5.48. The van der Waals surface area contributed by atoms with E-state index in [9.17, 15) is 8.42 Å². The van der Waals surface area contributed by atoms with Crippen LogP contribution in [-0.2, 0) is 10.1 Å². The average Bonchev–Trinajstić information content (AvgIpc) is 2.17. The fraction of sp³-hybridized carbons (Fsp3) is 0.333. The predicted octanol–water partition coefficient (Wildman–Crippen LogP) is 1.89. The molecule has 1 unspecified atom stereocenters. The van der Waals surface area contributed by atoms with Crippen molar-refractivity contribution in [3.63, 3.8) is 0 Å². The van der Waals surface area contributed by atoms with Crippen molar-refractivity contribution in [3.05, 3.63) is 24.3 Å². The van der Waals surface area contributed by atoms with E-state index in [1.807, 2.05) is 0 Å². The van der Waals surface area contributed by atoms with Crippen LogP contribution >= 0.6 is 25.3 Å². The molecule has 1 aromatic carbocycles. The van der Waals surface area contributed by atoms with E-state index < -0.39 is 10.1 Å². The molecular formula is C9H12O4S3. The first-order valence-corrected chi connectivity index (χ1v) is 7.05. The van der Waals surface area contributed by atoms with Crippen molar-refractivity contribution in [3.8, 4) is 5.75 Å². The van der Waals surface area contributed by atoms with E-state index in [1.54, 1.807) is 6.07 Å². The van der Waals surface area contributed by atoms with Crippen molar-refractivity contribution >= 4 is 35.4 Å². The molecule has 1 N–H and O–H groups in total. The molecule has 0 aliphatic heterocycles. The molecule has 0 bridgehead atoms. The van der Waals surface area contributed by atoms with E-state index in [-0.39, 0.29) is 10.3 Å². The van der Waals surface area contributed by atoms with Gasteiger partial charge in [0.1, 0.15) is 11.2 Å². The van der Waals surface area contributed by atoms with Gasteiger partial charge in [-0.15, -0.1) is 12.6 Å². The normalized spacial score (nSPS) is 13.4. The molecule has 0 amide bonds. The van der Waals surface area contributed by atoms with Gasteiger partial charge in [0.15, 0.2) is 0 Å². The molecule has 4 nitrogen and oxygen atoms in total. The Bertz CT molecular complexity index is 444. The van der Waals surface area contributed by atoms with Crippen molar-refractivity contribution in [2.75, 3.05) is 5.75 Å². The monoisotopic (exact) mass is 280 g/mol. The van der Waals surface area contributed by atoms with Gasteiger partial charge in [-0.1, -0.05) is 6.07 Å². The van der Waals surface area contributed by atoms with Crippen LogP contribution in [0.3, 0.4) is 0 Å². The lowest BCUT2D eigenvalue weighted by Crippen LogP contribution is -2.09. The zero-order valence-corrected chi connectivity index (χ0v) is 10.9. The lowest BCUT2D eigenvalue weighted by atomic mass is 10.3. The summed E-state index contributed by atoms with van der Waals surface area (Å²) in [4.78, 5) is -0.198. The van der Waals surface area contributed by atoms with Crippen molar-refractivity contribution < 1.29 is 17.7 Å². The van der Waals surface area contributed by atoms with E-state index in [4.69, 9.17) is 9.29 Å². The van der Waals surface area contributed by atoms with Gasteiger partial charge < -0.3 is 4.74 Å². The minimum Gasteiger partial charge on any atom is -0.480 e. The number of hydrogen-bond acceptors (Lipinski definition) is 5. The number of rotatable bonds is 5. The zero-order valence-electron chi connectivity index (χ0n) is 8.28. The van der Waals surface area contributed by atoms with Gasteiger partial charge in [0, 0.05) is 12.5 Å². The second-order valence-electron chi connectivity index (χ2n) is 3.03. The number of thiol groups is 2. The van der Waals surface area contributed by atoms with Crippen LogP contribution < -0.4 is 4.74 Å². The Kier molecular flexibility index (Phi) is 4.97. The van der Waals surface area contributed by atoms with Crippen molar-refractivity contribution in [2.45, 2.75) is 16.8 Å². The van der Waals surface area contributed by atoms with Gasteiger partial charge in [-0.3, -0.25) is 4.55 Å². The molecule has 0 aliphatic carbocycles. The molecule has 0 saturated carbocycles. The number of benzene rings is 1. The summed E-state index contributed by atoms with van der Waals surface area (Å²) in [7, 11) is -4.19. The molecule has 0 aromatic heterocycles. The Morgan fingerprint density at radius 1 is 1.44 bits per heavy atom. The predicted molar refractivity (Wildman–Crippen MR) is 68.1 cm³/mol. The largest absolute Gasteiger partial charge is 0.480 e. The maximum absolute atomic E-state index is 10.9. The van der Waals surface area contributed by atoms with Gasteiger partial charge in [0.25, 0.3) is 10.1 Å². The first kappa shape index (κ1) is 13.7. The third kappa shape index (κ3) is 4.25. The smallest absolute Gasteiger partial charge is 0.294 e. The molecule has 0 spiro atoms. The molecule has 0 aliphatic rings. The summed E-state index contributed by atoms with van der Waals surface area (Å²) < 4.78 is 35.9. The van der Waals surface area contributed by atoms with Gasteiger partial charge in [-0.25, -0.2) is 0 Å². The minimum atomic E-state index is -4.19. The van der Waals surface area contributed by atoms with Crippen LogP contribution in [0, 0.1) is 0 Å². The number of hydrogen-bond donors (Lipinski definition) is 3. The molecule has 1 atom stereocenters. The highest BCUT2D eigenvalue weighted by molar-refractivity contribution is 7.85. The summed E-state index contributed by atoms with van der Waals surface area (Å²) in [6.07, 6.45) is 0.627. The number of ether oxygens (including phenoxy) is 1. The van der Waals surface area contributed by atoms with Crippen LogP contribution in [-0.4, -0.2) is 24.2 Å². The fourth-order valence-electron chi connectivity index (χ4n) is 1.03. The van der Waals surface area contributed by atoms with Crippen molar-refractivity contribution in [1.82, 2.24) is 0 Å². The SMILES string of the molecule is O=S(=O)(O)c1cccc(OC(S)CCS)c1. The fourth-order valence-corrected chi connectivity index (χ4v) is 2.24. The lowest BCUT2D eigenvalue weighted by Gasteiger charge is -2.12. The standard InChI is InChI=1S/C9H12O4S3/c10-16(11,12)8-3-1-2-7(6-8)13-9(15)4-5-14/h1-3,6,9,14-15H,4-5H2,(H,10,11,12). The summed E-state index contributed by atoms with van der Waals surface area (Å²) in [5, 5.41) is 0. The zero-order chi connectivity index (χ0) is 12.2. The molecule has 7 heteroatoms. The Labute approximate surface area is 106 Å². The van der Waals surface area contributed by atoms with E-state index in [0.717, 1.165) is 0 Å². The van der Waals surface area contributed by atoms with Gasteiger partial charge >= 0.3 is 0 Å². The lowest BCUT2D eigenvalue weighted by molar-refractivity contribution is 0.286. The van der Waals surface area contributed by atoms with Gasteiger partial charge in [-0.2, -0.15) is 21.0 Å². The van der Waals surface area contributed by atoms with Crippen molar-refractivity contribution in [1.29, 1.82) is 0 Å². The van der Waals surface area contributed by atoms with Gasteiger partial charge in [0.05, 0.1) is 4.90 Å². The Hall–Kier alpha value is -0.370. The molecule has 0 fully saturated rings. The highest BCUT2D eigenvalue weighted by Gasteiger charge is 2.11. The first-order valence-electron chi connectivity index (χ1n) is 4.46. The maximum atomic E-state index is 10.9. The minimum absolute atomic E-state index is 0.198. The Morgan fingerprint density at radius 2 is 2.12 bits per heavy atom. The highest BCUT2D eigenvalue weighted by atomic mass is 32.2. The Balaban J connectivity index is 2.83. The topological polar surface area (TPSA) is 63.6 Å². The summed E-state index contributed by atoms with van der Waals surface area (Å²) in [5.74, 6) is 0.962. The van der Waals surface area contributed by atoms with Crippen LogP contribution in [0.1, 0.15) is 6.42 Å². The third-order valence-electron chi connectivity index (χ3n) is 1.75. The summed E-state index contributed by atoms with van der Waals surface area (Å²) in [6, 6.07) is 5.61. The van der Waals surface area contributed by atoms with E-state index >= 15 is 0 Å². The van der Waals surface area contributed by atoms with E-state index in [1.165, 1.54) is 18.2 Å². The molecule has 0 heterocycles.